The molecule has 0 aromatic carbocycles. The molecular weight excluding hydrogens is 152 g/mol. The van der Waals surface area contributed by atoms with E-state index in [1.54, 1.807) is 0 Å². The monoisotopic (exact) mass is 174 g/mol. The summed E-state index contributed by atoms with van der Waals surface area (Å²) in [6.07, 6.45) is 0. The first-order valence-electron chi connectivity index (χ1n) is 4.51. The summed E-state index contributed by atoms with van der Waals surface area (Å²) in [6, 6.07) is 0. The van der Waals surface area contributed by atoms with Gasteiger partial charge in [-0.2, -0.15) is 0 Å². The third-order valence-corrected chi connectivity index (χ3v) is 1.74. The summed E-state index contributed by atoms with van der Waals surface area (Å²) in [6.45, 7) is 5.25. The highest BCUT2D eigenvalue weighted by Gasteiger charge is 2.00. The fourth-order valence-corrected chi connectivity index (χ4v) is 1.03. The second-order valence-electron chi connectivity index (χ2n) is 2.84. The van der Waals surface area contributed by atoms with E-state index >= 15 is 0 Å². The summed E-state index contributed by atoms with van der Waals surface area (Å²) in [5.41, 5.74) is 0. The molecule has 0 aliphatic heterocycles. The second-order valence-corrected chi connectivity index (χ2v) is 2.84. The highest BCUT2D eigenvalue weighted by molar-refractivity contribution is 4.57. The molecule has 0 aliphatic rings. The number of hydrogen-bond donors (Lipinski definition) is 3. The quantitative estimate of drug-likeness (QED) is 0.409. The molecule has 0 unspecified atom stereocenters. The number of likely N-dealkylation sites (N-methyl/N-ethyl adjacent to an activating group) is 2. The number of hydrogen-bond acceptors (Lipinski definition) is 4. The molecule has 0 radical (unpaired) electrons. The molecule has 4 nitrogen and oxygen atoms in total. The molecule has 3 N–H and O–H groups in total. The Morgan fingerprint density at radius 1 is 0.833 bits per heavy atom. The maximum absolute atomic E-state index is 3.16. The lowest BCUT2D eigenvalue weighted by Crippen LogP contribution is -2.40. The van der Waals surface area contributed by atoms with Crippen molar-refractivity contribution in [3.8, 4) is 0 Å². The van der Waals surface area contributed by atoms with Gasteiger partial charge in [-0.15, -0.1) is 0 Å². The van der Waals surface area contributed by atoms with Crippen molar-refractivity contribution in [1.29, 1.82) is 0 Å². The van der Waals surface area contributed by atoms with Crippen molar-refractivity contribution in [2.24, 2.45) is 0 Å². The molecule has 0 rings (SSSR count). The Morgan fingerprint density at radius 2 is 1.33 bits per heavy atom. The Labute approximate surface area is 75.7 Å². The summed E-state index contributed by atoms with van der Waals surface area (Å²) < 4.78 is 0. The van der Waals surface area contributed by atoms with Gasteiger partial charge in [0.1, 0.15) is 0 Å². The Balaban J connectivity index is 3.40. The van der Waals surface area contributed by atoms with Gasteiger partial charge in [0.05, 0.1) is 0 Å². The third kappa shape index (κ3) is 6.54. The number of rotatable bonds is 8. The van der Waals surface area contributed by atoms with Gasteiger partial charge in [-0.3, -0.25) is 4.90 Å². The van der Waals surface area contributed by atoms with Crippen LogP contribution in [0.4, 0.5) is 0 Å². The van der Waals surface area contributed by atoms with E-state index in [2.05, 4.69) is 20.9 Å². The Hall–Kier alpha value is -0.160. The molecule has 12 heavy (non-hydrogen) atoms. The molecule has 0 spiro atoms. The van der Waals surface area contributed by atoms with Crippen LogP contribution in [-0.4, -0.2) is 58.9 Å². The Kier molecular flexibility index (Phi) is 8.81. The van der Waals surface area contributed by atoms with Crippen LogP contribution in [0.15, 0.2) is 0 Å². The van der Waals surface area contributed by atoms with Crippen molar-refractivity contribution in [3.63, 3.8) is 0 Å². The average molecular weight is 174 g/mol. The van der Waals surface area contributed by atoms with Crippen molar-refractivity contribution >= 4 is 0 Å². The molecule has 0 saturated carbocycles. The molecule has 4 heteroatoms. The van der Waals surface area contributed by atoms with Gasteiger partial charge in [-0.25, -0.2) is 0 Å². The minimum atomic E-state index is 0.962. The minimum Gasteiger partial charge on any atom is -0.318 e. The van der Waals surface area contributed by atoms with Crippen molar-refractivity contribution in [2.75, 3.05) is 54.0 Å². The van der Waals surface area contributed by atoms with Crippen LogP contribution >= 0.6 is 0 Å². The molecule has 0 aromatic heterocycles. The fourth-order valence-electron chi connectivity index (χ4n) is 1.03. The van der Waals surface area contributed by atoms with Gasteiger partial charge < -0.3 is 16.0 Å². The first-order chi connectivity index (χ1) is 5.85. The summed E-state index contributed by atoms with van der Waals surface area (Å²) in [5, 5.41) is 9.44. The molecule has 0 heterocycles. The second kappa shape index (κ2) is 8.93. The highest BCUT2D eigenvalue weighted by atomic mass is 15.2. The Bertz CT molecular complexity index is 79.1. The van der Waals surface area contributed by atoms with Gasteiger partial charge in [0.25, 0.3) is 0 Å². The van der Waals surface area contributed by atoms with Crippen LogP contribution < -0.4 is 16.0 Å². The van der Waals surface area contributed by atoms with E-state index in [4.69, 9.17) is 0 Å². The van der Waals surface area contributed by atoms with Crippen molar-refractivity contribution in [2.45, 2.75) is 0 Å². The zero-order chi connectivity index (χ0) is 9.23. The SMILES string of the molecule is CNCCN(CCNC)CNC. The maximum atomic E-state index is 3.16. The van der Waals surface area contributed by atoms with Gasteiger partial charge in [-0.05, 0) is 21.1 Å². The van der Waals surface area contributed by atoms with E-state index in [1.165, 1.54) is 0 Å². The van der Waals surface area contributed by atoms with E-state index in [1.807, 2.05) is 21.1 Å². The van der Waals surface area contributed by atoms with Crippen molar-refractivity contribution in [3.05, 3.63) is 0 Å². The van der Waals surface area contributed by atoms with Crippen LogP contribution in [-0.2, 0) is 0 Å². The van der Waals surface area contributed by atoms with Crippen LogP contribution in [0.2, 0.25) is 0 Å². The topological polar surface area (TPSA) is 39.3 Å². The van der Waals surface area contributed by atoms with Crippen molar-refractivity contribution < 1.29 is 0 Å². The van der Waals surface area contributed by atoms with Crippen LogP contribution in [0, 0.1) is 0 Å². The summed E-state index contributed by atoms with van der Waals surface area (Å²) in [4.78, 5) is 2.37. The first kappa shape index (κ1) is 11.8. The molecule has 0 aromatic rings. The Morgan fingerprint density at radius 3 is 1.67 bits per heavy atom. The van der Waals surface area contributed by atoms with E-state index < -0.39 is 0 Å². The zero-order valence-electron chi connectivity index (χ0n) is 8.48. The molecule has 74 valence electrons. The summed E-state index contributed by atoms with van der Waals surface area (Å²) >= 11 is 0. The molecule has 0 saturated heterocycles. The van der Waals surface area contributed by atoms with Crippen LogP contribution in [0.5, 0.6) is 0 Å². The fraction of sp³-hybridized carbons (Fsp3) is 1.00. The lowest BCUT2D eigenvalue weighted by Gasteiger charge is -2.21. The van der Waals surface area contributed by atoms with Gasteiger partial charge in [0.15, 0.2) is 0 Å². The molecule has 0 atom stereocenters. The van der Waals surface area contributed by atoms with E-state index in [9.17, 15) is 0 Å². The average Bonchev–Trinajstić information content (AvgIpc) is 2.10. The van der Waals surface area contributed by atoms with Gasteiger partial charge in [-0.1, -0.05) is 0 Å². The third-order valence-electron chi connectivity index (χ3n) is 1.74. The van der Waals surface area contributed by atoms with E-state index in [-0.39, 0.29) is 0 Å². The van der Waals surface area contributed by atoms with Gasteiger partial charge in [0, 0.05) is 32.8 Å². The van der Waals surface area contributed by atoms with Gasteiger partial charge >= 0.3 is 0 Å². The predicted molar refractivity (Wildman–Crippen MR) is 53.4 cm³/mol. The molecule has 0 fully saturated rings. The van der Waals surface area contributed by atoms with Crippen LogP contribution in [0.1, 0.15) is 0 Å². The first-order valence-corrected chi connectivity index (χ1v) is 4.51. The number of nitrogens with one attached hydrogen (secondary N) is 3. The van der Waals surface area contributed by atoms with E-state index in [0.29, 0.717) is 0 Å². The summed E-state index contributed by atoms with van der Waals surface area (Å²) in [5.74, 6) is 0. The largest absolute Gasteiger partial charge is 0.318 e. The van der Waals surface area contributed by atoms with Crippen molar-refractivity contribution in [1.82, 2.24) is 20.9 Å². The van der Waals surface area contributed by atoms with Crippen LogP contribution in [0.3, 0.4) is 0 Å². The smallest absolute Gasteiger partial charge is 0.0479 e. The highest BCUT2D eigenvalue weighted by Crippen LogP contribution is 1.82. The van der Waals surface area contributed by atoms with Crippen LogP contribution in [0.25, 0.3) is 0 Å². The van der Waals surface area contributed by atoms with Gasteiger partial charge in [0.2, 0.25) is 0 Å². The lowest BCUT2D eigenvalue weighted by molar-refractivity contribution is 0.264. The standard InChI is InChI=1S/C8H22N4/c1-9-4-6-12(8-11-3)7-5-10-2/h9-11H,4-8H2,1-3H3. The maximum Gasteiger partial charge on any atom is 0.0479 e. The summed E-state index contributed by atoms with van der Waals surface area (Å²) in [7, 11) is 5.94. The molecular formula is C8H22N4. The predicted octanol–water partition coefficient (Wildman–Crippen LogP) is -1.10. The molecule has 0 amide bonds. The normalized spacial score (nSPS) is 11.0. The van der Waals surface area contributed by atoms with E-state index in [0.717, 1.165) is 32.8 Å². The zero-order valence-corrected chi connectivity index (χ0v) is 8.48. The lowest BCUT2D eigenvalue weighted by atomic mass is 10.5. The number of nitrogens with zero attached hydrogens (tertiary/aromatic N) is 1. The molecule has 0 bridgehead atoms. The minimum absolute atomic E-state index is 0.962. The molecule has 0 aliphatic carbocycles.